The second-order valence-corrected chi connectivity index (χ2v) is 8.25. The molecular formula is C24H24N7O3+. The zero-order chi connectivity index (χ0) is 24.0. The Morgan fingerprint density at radius 3 is 2.68 bits per heavy atom. The molecule has 2 aliphatic rings. The smallest absolute Gasteiger partial charge is 0.333 e. The Hall–Kier alpha value is -4.34. The minimum atomic E-state index is -0.805. The van der Waals surface area contributed by atoms with E-state index in [0.29, 0.717) is 5.84 Å². The largest absolute Gasteiger partial charge is 0.341 e. The average molecular weight is 459 g/mol. The first kappa shape index (κ1) is 21.5. The van der Waals surface area contributed by atoms with Gasteiger partial charge in [-0.05, 0) is 35.7 Å². The third-order valence-electron chi connectivity index (χ3n) is 6.24. The lowest BCUT2D eigenvalue weighted by atomic mass is 10.1. The van der Waals surface area contributed by atoms with Crippen molar-refractivity contribution in [1.29, 1.82) is 0 Å². The van der Waals surface area contributed by atoms with E-state index in [9.17, 15) is 14.4 Å². The molecule has 4 amide bonds. The Labute approximate surface area is 195 Å². The van der Waals surface area contributed by atoms with E-state index in [1.165, 1.54) is 33.8 Å². The van der Waals surface area contributed by atoms with E-state index in [0.717, 1.165) is 27.9 Å². The van der Waals surface area contributed by atoms with E-state index in [1.807, 2.05) is 18.2 Å². The van der Waals surface area contributed by atoms with Crippen molar-refractivity contribution in [3.05, 3.63) is 48.0 Å². The topological polar surface area (TPSA) is 102 Å². The average Bonchev–Trinajstić information content (AvgIpc) is 3.40. The number of fused-ring (bicyclic) bond motifs is 4. The number of likely N-dealkylation sites (N-methyl/N-ethyl adjacent to an activating group) is 2. The summed E-state index contributed by atoms with van der Waals surface area (Å²) < 4.78 is 3.76. The van der Waals surface area contributed by atoms with Crippen LogP contribution in [0.2, 0.25) is 0 Å². The molecule has 1 unspecified atom stereocenters. The molecule has 1 N–H and O–H groups in total. The van der Waals surface area contributed by atoms with Gasteiger partial charge in [-0.1, -0.05) is 24.3 Å². The number of hydrogen-bond acceptors (Lipinski definition) is 5. The minimum Gasteiger partial charge on any atom is -0.341 e. The molecule has 10 heteroatoms. The van der Waals surface area contributed by atoms with Gasteiger partial charge in [-0.25, -0.2) is 14.8 Å². The van der Waals surface area contributed by atoms with Crippen LogP contribution in [0.5, 0.6) is 0 Å². The summed E-state index contributed by atoms with van der Waals surface area (Å²) in [5.41, 5.74) is 5.69. The zero-order valence-corrected chi connectivity index (χ0v) is 19.1. The maximum absolute atomic E-state index is 12.6. The summed E-state index contributed by atoms with van der Waals surface area (Å²) >= 11 is 0. The highest BCUT2D eigenvalue weighted by atomic mass is 16.2. The Morgan fingerprint density at radius 1 is 1.12 bits per heavy atom. The molecule has 34 heavy (non-hydrogen) atoms. The van der Waals surface area contributed by atoms with Gasteiger partial charge in [-0.2, -0.15) is 5.10 Å². The number of hydrogen-bond donors (Lipinski definition) is 1. The van der Waals surface area contributed by atoms with Crippen LogP contribution in [-0.4, -0.2) is 81.9 Å². The number of para-hydroxylation sites is 1. The quantitative estimate of drug-likeness (QED) is 0.357. The van der Waals surface area contributed by atoms with E-state index < -0.39 is 23.9 Å². The van der Waals surface area contributed by atoms with Gasteiger partial charge in [0.2, 0.25) is 0 Å². The molecule has 1 saturated heterocycles. The number of nitrogens with one attached hydrogen (secondary N) is 1. The zero-order valence-electron chi connectivity index (χ0n) is 19.1. The van der Waals surface area contributed by atoms with Crippen LogP contribution in [-0.2, 0) is 16.1 Å². The summed E-state index contributed by atoms with van der Waals surface area (Å²) in [5.74, 6) is -0.516. The number of aromatic nitrogens is 1. The third-order valence-corrected chi connectivity index (χ3v) is 6.24. The van der Waals surface area contributed by atoms with Crippen molar-refractivity contribution in [3.63, 3.8) is 0 Å². The molecule has 1 fully saturated rings. The van der Waals surface area contributed by atoms with Gasteiger partial charge < -0.3 is 4.57 Å². The van der Waals surface area contributed by atoms with Crippen LogP contribution in [0.4, 0.5) is 4.79 Å². The highest BCUT2D eigenvalue weighted by Gasteiger charge is 2.50. The van der Waals surface area contributed by atoms with Crippen molar-refractivity contribution < 1.29 is 19.0 Å². The number of amidine groups is 1. The predicted octanol–water partition coefficient (Wildman–Crippen LogP) is 1.61. The van der Waals surface area contributed by atoms with Crippen LogP contribution in [0, 0.1) is 0 Å². The molecule has 0 radical (unpaired) electrons. The van der Waals surface area contributed by atoms with Crippen molar-refractivity contribution in [1.82, 2.24) is 19.8 Å². The van der Waals surface area contributed by atoms with Crippen LogP contribution < -0.4 is 5.43 Å². The van der Waals surface area contributed by atoms with Gasteiger partial charge in [0.15, 0.2) is 6.54 Å². The number of amides is 4. The SMILES string of the molecule is CCn1c2ccccc2c2cc(/C=N/NC(=O)C[N+]3=CN=C4C3C(=O)N(C)C(=O)N4C)ccc21. The molecule has 3 heterocycles. The highest BCUT2D eigenvalue weighted by Crippen LogP contribution is 2.29. The highest BCUT2D eigenvalue weighted by molar-refractivity contribution is 6.21. The first-order valence-electron chi connectivity index (χ1n) is 11.0. The fourth-order valence-electron chi connectivity index (χ4n) is 4.55. The van der Waals surface area contributed by atoms with E-state index in [-0.39, 0.29) is 6.54 Å². The summed E-state index contributed by atoms with van der Waals surface area (Å²) in [6.45, 7) is 2.87. The second kappa shape index (κ2) is 8.22. The van der Waals surface area contributed by atoms with Crippen molar-refractivity contribution in [3.8, 4) is 0 Å². The van der Waals surface area contributed by atoms with Gasteiger partial charge >= 0.3 is 6.03 Å². The number of carbonyl (C=O) groups is 3. The Bertz CT molecular complexity index is 1450. The molecule has 3 aromatic rings. The lowest BCUT2D eigenvalue weighted by Gasteiger charge is -2.30. The number of nitrogens with zero attached hydrogens (tertiary/aromatic N) is 6. The van der Waals surface area contributed by atoms with Gasteiger partial charge in [0, 0.05) is 42.4 Å². The van der Waals surface area contributed by atoms with Crippen molar-refractivity contribution in [2.75, 3.05) is 20.6 Å². The van der Waals surface area contributed by atoms with E-state index in [2.05, 4.69) is 51.3 Å². The van der Waals surface area contributed by atoms with Gasteiger partial charge in [0.1, 0.15) is 0 Å². The number of aliphatic imine (C=N–C) groups is 1. The number of carbonyl (C=O) groups excluding carboxylic acids is 3. The fraction of sp³-hybridized carbons (Fsp3) is 0.250. The summed E-state index contributed by atoms with van der Waals surface area (Å²) in [7, 11) is 2.96. The molecule has 2 aliphatic heterocycles. The first-order valence-corrected chi connectivity index (χ1v) is 11.0. The first-order chi connectivity index (χ1) is 16.4. The molecule has 1 aromatic heterocycles. The van der Waals surface area contributed by atoms with Crippen molar-refractivity contribution in [2.45, 2.75) is 19.5 Å². The van der Waals surface area contributed by atoms with Gasteiger partial charge in [0.05, 0.1) is 6.21 Å². The summed E-state index contributed by atoms with van der Waals surface area (Å²) in [4.78, 5) is 43.6. The molecule has 0 spiro atoms. The predicted molar refractivity (Wildman–Crippen MR) is 129 cm³/mol. The molecule has 0 saturated carbocycles. The van der Waals surface area contributed by atoms with Gasteiger partial charge in [0.25, 0.3) is 30.0 Å². The Kier molecular flexibility index (Phi) is 5.20. The van der Waals surface area contributed by atoms with Crippen LogP contribution in [0.25, 0.3) is 21.8 Å². The maximum atomic E-state index is 12.6. The number of urea groups is 1. The normalized spacial score (nSPS) is 18.1. The molecule has 172 valence electrons. The van der Waals surface area contributed by atoms with E-state index >= 15 is 0 Å². The van der Waals surface area contributed by atoms with Crippen molar-refractivity contribution >= 4 is 58.0 Å². The molecule has 1 atom stereocenters. The van der Waals surface area contributed by atoms with Crippen LogP contribution >= 0.6 is 0 Å². The molecule has 0 aliphatic carbocycles. The maximum Gasteiger partial charge on any atom is 0.333 e. The number of rotatable bonds is 5. The fourth-order valence-corrected chi connectivity index (χ4v) is 4.55. The number of hydrazone groups is 1. The number of benzene rings is 2. The number of imide groups is 1. The van der Waals surface area contributed by atoms with Crippen molar-refractivity contribution in [2.24, 2.45) is 10.1 Å². The second-order valence-electron chi connectivity index (χ2n) is 8.25. The van der Waals surface area contributed by atoms with Crippen LogP contribution in [0.15, 0.2) is 52.6 Å². The molecule has 2 aromatic carbocycles. The van der Waals surface area contributed by atoms with E-state index in [1.54, 1.807) is 13.3 Å². The monoisotopic (exact) mass is 458 g/mol. The standard InChI is InChI=1S/C24H23N7O3/c1-4-31-18-8-6-5-7-16(18)17-11-15(9-10-19(17)31)12-26-27-20(32)13-30-14-25-22-21(30)23(33)29(3)24(34)28(22)2/h5-12,14,21H,4,13H2,1-3H3/p+1/b26-12+. The van der Waals surface area contributed by atoms with Crippen LogP contribution in [0.1, 0.15) is 12.5 Å². The van der Waals surface area contributed by atoms with E-state index in [4.69, 9.17) is 0 Å². The van der Waals surface area contributed by atoms with Gasteiger partial charge in [-0.3, -0.25) is 19.4 Å². The van der Waals surface area contributed by atoms with Gasteiger partial charge in [-0.15, -0.1) is 0 Å². The van der Waals surface area contributed by atoms with Crippen LogP contribution in [0.3, 0.4) is 0 Å². The Balaban J connectivity index is 1.29. The summed E-state index contributed by atoms with van der Waals surface area (Å²) in [6.07, 6.45) is 3.00. The number of aryl methyl sites for hydroxylation is 1. The summed E-state index contributed by atoms with van der Waals surface area (Å²) in [6, 6.07) is 13.1. The lowest BCUT2D eigenvalue weighted by Crippen LogP contribution is -2.61. The molecule has 10 nitrogen and oxygen atoms in total. The lowest BCUT2D eigenvalue weighted by molar-refractivity contribution is -0.519. The molecule has 0 bridgehead atoms. The third kappa shape index (κ3) is 3.35. The molecular weight excluding hydrogens is 434 g/mol. The summed E-state index contributed by atoms with van der Waals surface area (Å²) in [5, 5.41) is 6.39. The minimum absolute atomic E-state index is 0.125. The molecule has 5 rings (SSSR count). The Morgan fingerprint density at radius 2 is 1.88 bits per heavy atom.